The molecule has 0 spiro atoms. The van der Waals surface area contributed by atoms with Crippen molar-refractivity contribution in [1.82, 2.24) is 0 Å². The molecule has 0 fully saturated rings. The van der Waals surface area contributed by atoms with Crippen molar-refractivity contribution >= 4 is 17.9 Å². The maximum atomic E-state index is 9.04. The van der Waals surface area contributed by atoms with Crippen molar-refractivity contribution in [1.29, 1.82) is 0 Å². The third kappa shape index (κ3) is 31.7. The zero-order valence-corrected chi connectivity index (χ0v) is 10.9. The Morgan fingerprint density at radius 2 is 1.40 bits per heavy atom. The molecule has 15 heavy (non-hydrogen) atoms. The van der Waals surface area contributed by atoms with E-state index in [1.165, 1.54) is 51.6 Å². The molecule has 92 valence electrons. The molecule has 0 aliphatic heterocycles. The number of nitrogens with two attached hydrogens (primary N) is 2. The van der Waals surface area contributed by atoms with Crippen LogP contribution in [0, 0.1) is 0 Å². The third-order valence-corrected chi connectivity index (χ3v) is 2.02. The highest BCUT2D eigenvalue weighted by Crippen LogP contribution is 1.90. The second kappa shape index (κ2) is 16.1. The molecule has 3 nitrogen and oxygen atoms in total. The predicted molar refractivity (Wildman–Crippen MR) is 67.7 cm³/mol. The maximum absolute atomic E-state index is 9.04. The van der Waals surface area contributed by atoms with E-state index in [1.54, 1.807) is 0 Å². The van der Waals surface area contributed by atoms with E-state index < -0.39 is 5.24 Å². The summed E-state index contributed by atoms with van der Waals surface area (Å²) in [7, 11) is 0. The van der Waals surface area contributed by atoms with Crippen LogP contribution in [-0.2, 0) is 12.6 Å². The van der Waals surface area contributed by atoms with E-state index in [2.05, 4.69) is 37.5 Å². The van der Waals surface area contributed by atoms with Gasteiger partial charge in [-0.25, -0.2) is 0 Å². The van der Waals surface area contributed by atoms with Crippen LogP contribution in [0.5, 0.6) is 0 Å². The van der Waals surface area contributed by atoms with Gasteiger partial charge in [-0.15, -0.1) is 0 Å². The normalized spacial score (nSPS) is 9.20. The Morgan fingerprint density at radius 1 is 1.07 bits per heavy atom. The number of carbonyl (C=O) groups is 1. The van der Waals surface area contributed by atoms with Gasteiger partial charge in [0.05, 0.1) is 18.3 Å². The van der Waals surface area contributed by atoms with E-state index in [0.29, 0.717) is 0 Å². The highest BCUT2D eigenvalue weighted by Gasteiger charge is 1.90. The van der Waals surface area contributed by atoms with Gasteiger partial charge in [-0.1, -0.05) is 26.7 Å². The van der Waals surface area contributed by atoms with Crippen LogP contribution in [0.15, 0.2) is 0 Å². The van der Waals surface area contributed by atoms with Crippen LogP contribution in [0.4, 0.5) is 4.79 Å². The molecule has 0 radical (unpaired) electrons. The van der Waals surface area contributed by atoms with E-state index in [9.17, 15) is 0 Å². The fraction of sp³-hybridized carbons (Fsp3) is 0.909. The fourth-order valence-corrected chi connectivity index (χ4v) is 1.22. The highest BCUT2D eigenvalue weighted by molar-refractivity contribution is 7.76. The molecular weight excluding hydrogens is 208 g/mol. The van der Waals surface area contributed by atoms with E-state index in [4.69, 9.17) is 4.79 Å². The van der Waals surface area contributed by atoms with E-state index in [1.807, 2.05) is 0 Å². The lowest BCUT2D eigenvalue weighted by molar-refractivity contribution is -0.655. The molecule has 0 saturated carbocycles. The van der Waals surface area contributed by atoms with Crippen LogP contribution in [0.2, 0.25) is 0 Å². The first-order valence-electron chi connectivity index (χ1n) is 5.93. The van der Waals surface area contributed by atoms with Crippen LogP contribution in [0.25, 0.3) is 0 Å². The molecule has 0 saturated heterocycles. The van der Waals surface area contributed by atoms with Gasteiger partial charge in [0, 0.05) is 0 Å². The van der Waals surface area contributed by atoms with Crippen molar-refractivity contribution in [2.45, 2.75) is 52.4 Å². The van der Waals surface area contributed by atoms with Gasteiger partial charge in [-0.3, -0.25) is 0 Å². The lowest BCUT2D eigenvalue weighted by atomic mass is 10.2. The van der Waals surface area contributed by atoms with Crippen LogP contribution in [-0.4, -0.2) is 18.3 Å². The minimum absolute atomic E-state index is 0.750. The van der Waals surface area contributed by atoms with Gasteiger partial charge in [0.1, 0.15) is 0 Å². The van der Waals surface area contributed by atoms with Gasteiger partial charge in [0.25, 0.3) is 0 Å². The second-order valence-corrected chi connectivity index (χ2v) is 4.00. The zero-order valence-electron chi connectivity index (χ0n) is 10.1. The van der Waals surface area contributed by atoms with E-state index in [-0.39, 0.29) is 0 Å². The summed E-state index contributed by atoms with van der Waals surface area (Å²) in [5, 5.41) is 1.71. The van der Waals surface area contributed by atoms with Crippen LogP contribution >= 0.6 is 0 Å². The molecule has 0 aromatic heterocycles. The average Bonchev–Trinajstić information content (AvgIpc) is 2.16. The molecular formula is C11H26N2OS. The summed E-state index contributed by atoms with van der Waals surface area (Å²) in [5.74, 6) is 0. The van der Waals surface area contributed by atoms with E-state index in [0.717, 1.165) is 0 Å². The van der Waals surface area contributed by atoms with Crippen molar-refractivity contribution < 1.29 is 10.1 Å². The highest BCUT2D eigenvalue weighted by atomic mass is 32.1. The Kier molecular flexibility index (Phi) is 18.3. The van der Waals surface area contributed by atoms with Crippen molar-refractivity contribution in [3.05, 3.63) is 0 Å². The van der Waals surface area contributed by atoms with Gasteiger partial charge >= 0.3 is 0 Å². The molecule has 0 atom stereocenters. The molecule has 1 amide bonds. The molecule has 0 aliphatic rings. The number of unbranched alkanes of at least 4 members (excludes halogenated alkanes) is 4. The predicted octanol–water partition coefficient (Wildman–Crippen LogP) is 1.54. The number of amides is 1. The lowest BCUT2D eigenvalue weighted by Gasteiger charge is -1.99. The first-order valence-corrected chi connectivity index (χ1v) is 6.34. The van der Waals surface area contributed by atoms with Gasteiger partial charge in [-0.05, 0) is 25.7 Å². The maximum Gasteiger partial charge on any atom is 0.0954 e. The Labute approximate surface area is 99.6 Å². The minimum Gasteiger partial charge on any atom is -0.719 e. The number of carbonyl (C=O) groups excluding carboxylic acids is 1. The van der Waals surface area contributed by atoms with Crippen molar-refractivity contribution in [3.63, 3.8) is 0 Å². The smallest absolute Gasteiger partial charge is 0.0954 e. The first kappa shape index (κ1) is 17.1. The first-order chi connectivity index (χ1) is 7.15. The molecule has 0 aromatic rings. The van der Waals surface area contributed by atoms with Crippen molar-refractivity contribution in [3.8, 4) is 0 Å². The number of quaternary nitrogens is 1. The SMILES string of the molecule is CCCCC[NH2+]CCCCC.NC(=O)[S-]. The summed E-state index contributed by atoms with van der Waals surface area (Å²) in [6.45, 7) is 7.21. The summed E-state index contributed by atoms with van der Waals surface area (Å²) in [4.78, 5) is 9.04. The molecule has 0 bridgehead atoms. The second-order valence-electron chi connectivity index (χ2n) is 3.60. The summed E-state index contributed by atoms with van der Waals surface area (Å²) >= 11 is 3.76. The van der Waals surface area contributed by atoms with Gasteiger partial charge in [0.15, 0.2) is 0 Å². The monoisotopic (exact) mass is 234 g/mol. The summed E-state index contributed by atoms with van der Waals surface area (Å²) in [6.07, 6.45) is 8.32. The molecule has 0 heterocycles. The van der Waals surface area contributed by atoms with Gasteiger partial charge in [0.2, 0.25) is 0 Å². The number of primary amides is 1. The van der Waals surface area contributed by atoms with Crippen LogP contribution < -0.4 is 11.1 Å². The number of hydrogen-bond acceptors (Lipinski definition) is 2. The quantitative estimate of drug-likeness (QED) is 0.494. The molecule has 4 N–H and O–H groups in total. The topological polar surface area (TPSA) is 59.7 Å². The zero-order chi connectivity index (χ0) is 11.9. The average molecular weight is 234 g/mol. The molecule has 0 aromatic carbocycles. The number of hydrogen-bond donors (Lipinski definition) is 2. The van der Waals surface area contributed by atoms with Crippen LogP contribution in [0.3, 0.4) is 0 Å². The Bertz CT molecular complexity index is 120. The lowest BCUT2D eigenvalue weighted by Crippen LogP contribution is -2.84. The summed E-state index contributed by atoms with van der Waals surface area (Å²) in [5.41, 5.74) is 4.29. The van der Waals surface area contributed by atoms with Gasteiger partial charge < -0.3 is 28.5 Å². The van der Waals surface area contributed by atoms with E-state index >= 15 is 0 Å². The Morgan fingerprint density at radius 3 is 1.67 bits per heavy atom. The standard InChI is InChI=1S/C10H23N.CH3NOS/c1-3-5-7-9-11-10-8-6-4-2;2-1(3)4/h11H,3-10H2,1-2H3;(H3,2,3,4). The molecule has 0 rings (SSSR count). The molecule has 0 aliphatic carbocycles. The Balaban J connectivity index is 0. The largest absolute Gasteiger partial charge is 0.719 e. The van der Waals surface area contributed by atoms with Crippen molar-refractivity contribution in [2.24, 2.45) is 5.73 Å². The summed E-state index contributed by atoms with van der Waals surface area (Å²) < 4.78 is 0. The fourth-order valence-electron chi connectivity index (χ4n) is 1.22. The molecule has 0 unspecified atom stereocenters. The van der Waals surface area contributed by atoms with Crippen molar-refractivity contribution in [2.75, 3.05) is 13.1 Å². The van der Waals surface area contributed by atoms with Gasteiger partial charge in [-0.2, -0.15) is 0 Å². The summed E-state index contributed by atoms with van der Waals surface area (Å²) in [6, 6.07) is 0. The number of rotatable bonds is 8. The van der Waals surface area contributed by atoms with Crippen LogP contribution in [0.1, 0.15) is 52.4 Å². The Hall–Kier alpha value is -0.350. The molecule has 4 heteroatoms. The minimum atomic E-state index is -0.750. The third-order valence-electron chi connectivity index (χ3n) is 2.02.